The van der Waals surface area contributed by atoms with E-state index in [1.54, 1.807) is 11.2 Å². The maximum absolute atomic E-state index is 12.0. The summed E-state index contributed by atoms with van der Waals surface area (Å²) in [4.78, 5) is 13.8. The number of nitrogens with one attached hydrogen (secondary N) is 1. The second-order valence-corrected chi connectivity index (χ2v) is 6.73. The molecule has 0 radical (unpaired) electrons. The van der Waals surface area contributed by atoms with Crippen LogP contribution in [0.25, 0.3) is 0 Å². The zero-order chi connectivity index (χ0) is 15.5. The lowest BCUT2D eigenvalue weighted by Crippen LogP contribution is -2.36. The molecular weight excluding hydrogens is 268 g/mol. The van der Waals surface area contributed by atoms with Crippen molar-refractivity contribution in [1.29, 1.82) is 0 Å². The Labute approximate surface area is 126 Å². The molecule has 1 aliphatic rings. The molecule has 1 N–H and O–H groups in total. The largest absolute Gasteiger partial charge is 0.468 e. The minimum atomic E-state index is -0.429. The van der Waals surface area contributed by atoms with Crippen molar-refractivity contribution in [2.75, 3.05) is 19.6 Å². The minimum absolute atomic E-state index is 0.190. The predicted octanol–water partition coefficient (Wildman–Crippen LogP) is 3.19. The Morgan fingerprint density at radius 2 is 2.33 bits per heavy atom. The molecule has 0 aromatic carbocycles. The zero-order valence-corrected chi connectivity index (χ0v) is 13.4. The summed E-state index contributed by atoms with van der Waals surface area (Å²) in [7, 11) is 0. The first-order valence-corrected chi connectivity index (χ1v) is 7.60. The van der Waals surface area contributed by atoms with Gasteiger partial charge in [0.05, 0.1) is 12.3 Å². The second kappa shape index (κ2) is 6.52. The number of hydrogen-bond donors (Lipinski definition) is 1. The van der Waals surface area contributed by atoms with Crippen molar-refractivity contribution in [2.24, 2.45) is 5.92 Å². The predicted molar refractivity (Wildman–Crippen MR) is 81.0 cm³/mol. The van der Waals surface area contributed by atoms with Gasteiger partial charge < -0.3 is 19.4 Å². The molecule has 5 heteroatoms. The standard InChI is InChI=1S/C16H26N2O3/c1-12(14-6-5-9-20-14)17-10-13-7-8-18(11-13)15(19)21-16(2,3)4/h5-6,9,12-13,17H,7-8,10-11H2,1-4H3/t12-,13+/m1/s1. The second-order valence-electron chi connectivity index (χ2n) is 6.73. The highest BCUT2D eigenvalue weighted by atomic mass is 16.6. The van der Waals surface area contributed by atoms with Crippen molar-refractivity contribution in [2.45, 2.75) is 45.8 Å². The fourth-order valence-corrected chi connectivity index (χ4v) is 2.47. The van der Waals surface area contributed by atoms with Gasteiger partial charge in [-0.15, -0.1) is 0 Å². The van der Waals surface area contributed by atoms with Gasteiger partial charge in [0.2, 0.25) is 0 Å². The minimum Gasteiger partial charge on any atom is -0.468 e. The fourth-order valence-electron chi connectivity index (χ4n) is 2.47. The van der Waals surface area contributed by atoms with E-state index in [9.17, 15) is 4.79 Å². The SMILES string of the molecule is C[C@@H](NC[C@@H]1CCN(C(=O)OC(C)(C)C)C1)c1ccco1. The van der Waals surface area contributed by atoms with Crippen LogP contribution in [0.2, 0.25) is 0 Å². The first kappa shape index (κ1) is 15.9. The third kappa shape index (κ3) is 4.77. The van der Waals surface area contributed by atoms with Crippen molar-refractivity contribution in [1.82, 2.24) is 10.2 Å². The molecule has 1 fully saturated rings. The van der Waals surface area contributed by atoms with Gasteiger partial charge in [-0.2, -0.15) is 0 Å². The van der Waals surface area contributed by atoms with E-state index in [0.717, 1.165) is 31.8 Å². The van der Waals surface area contributed by atoms with Gasteiger partial charge in [0.1, 0.15) is 11.4 Å². The summed E-state index contributed by atoms with van der Waals surface area (Å²) in [6, 6.07) is 4.06. The Balaban J connectivity index is 1.74. The highest BCUT2D eigenvalue weighted by Crippen LogP contribution is 2.20. The first-order valence-electron chi connectivity index (χ1n) is 7.60. The average molecular weight is 294 g/mol. The zero-order valence-electron chi connectivity index (χ0n) is 13.4. The van der Waals surface area contributed by atoms with Crippen molar-refractivity contribution >= 4 is 6.09 Å². The van der Waals surface area contributed by atoms with E-state index < -0.39 is 5.60 Å². The van der Waals surface area contributed by atoms with Crippen LogP contribution in [-0.2, 0) is 4.74 Å². The van der Waals surface area contributed by atoms with Crippen LogP contribution in [-0.4, -0.2) is 36.2 Å². The molecule has 0 bridgehead atoms. The van der Waals surface area contributed by atoms with Gasteiger partial charge in [-0.05, 0) is 52.2 Å². The van der Waals surface area contributed by atoms with Crippen LogP contribution in [0.5, 0.6) is 0 Å². The number of carbonyl (C=O) groups excluding carboxylic acids is 1. The normalized spacial score (nSPS) is 20.6. The topological polar surface area (TPSA) is 54.7 Å². The fraction of sp³-hybridized carbons (Fsp3) is 0.688. The first-order chi connectivity index (χ1) is 9.85. The third-order valence-corrected chi connectivity index (χ3v) is 3.62. The number of furan rings is 1. The Morgan fingerprint density at radius 3 is 2.95 bits per heavy atom. The van der Waals surface area contributed by atoms with E-state index in [0.29, 0.717) is 5.92 Å². The highest BCUT2D eigenvalue weighted by molar-refractivity contribution is 5.68. The van der Waals surface area contributed by atoms with Gasteiger partial charge >= 0.3 is 6.09 Å². The molecule has 0 spiro atoms. The van der Waals surface area contributed by atoms with Crippen molar-refractivity contribution in [3.8, 4) is 0 Å². The lowest BCUT2D eigenvalue weighted by molar-refractivity contribution is 0.0288. The molecule has 118 valence electrons. The van der Waals surface area contributed by atoms with Gasteiger partial charge in [0.25, 0.3) is 0 Å². The number of hydrogen-bond acceptors (Lipinski definition) is 4. The molecular formula is C16H26N2O3. The Kier molecular flexibility index (Phi) is 4.93. The molecule has 1 aromatic rings. The summed E-state index contributed by atoms with van der Waals surface area (Å²) in [5, 5.41) is 3.46. The highest BCUT2D eigenvalue weighted by Gasteiger charge is 2.29. The van der Waals surface area contributed by atoms with Crippen LogP contribution in [0.4, 0.5) is 4.79 Å². The van der Waals surface area contributed by atoms with Crippen LogP contribution in [0, 0.1) is 5.92 Å². The van der Waals surface area contributed by atoms with Crippen LogP contribution in [0.3, 0.4) is 0 Å². The molecule has 1 aromatic heterocycles. The molecule has 1 saturated heterocycles. The van der Waals surface area contributed by atoms with Crippen LogP contribution >= 0.6 is 0 Å². The van der Waals surface area contributed by atoms with E-state index in [-0.39, 0.29) is 12.1 Å². The summed E-state index contributed by atoms with van der Waals surface area (Å²) in [5.41, 5.74) is -0.429. The molecule has 2 rings (SSSR count). The molecule has 1 amide bonds. The number of nitrogens with zero attached hydrogens (tertiary/aromatic N) is 1. The molecule has 0 aliphatic carbocycles. The third-order valence-electron chi connectivity index (χ3n) is 3.62. The molecule has 2 atom stereocenters. The van der Waals surface area contributed by atoms with E-state index in [2.05, 4.69) is 12.2 Å². The van der Waals surface area contributed by atoms with Crippen molar-refractivity contribution in [3.63, 3.8) is 0 Å². The van der Waals surface area contributed by atoms with Crippen LogP contribution in [0.15, 0.2) is 22.8 Å². The van der Waals surface area contributed by atoms with E-state index in [1.807, 2.05) is 32.9 Å². The lowest BCUT2D eigenvalue weighted by atomic mass is 10.1. The summed E-state index contributed by atoms with van der Waals surface area (Å²) in [6.07, 6.45) is 2.49. The van der Waals surface area contributed by atoms with Gasteiger partial charge in [-0.25, -0.2) is 4.79 Å². The smallest absolute Gasteiger partial charge is 0.410 e. The Hall–Kier alpha value is -1.49. The summed E-state index contributed by atoms with van der Waals surface area (Å²) >= 11 is 0. The van der Waals surface area contributed by atoms with Crippen molar-refractivity contribution in [3.05, 3.63) is 24.2 Å². The Morgan fingerprint density at radius 1 is 1.57 bits per heavy atom. The van der Waals surface area contributed by atoms with Crippen LogP contribution < -0.4 is 5.32 Å². The quantitative estimate of drug-likeness (QED) is 0.926. The molecule has 21 heavy (non-hydrogen) atoms. The number of rotatable bonds is 4. The number of carbonyl (C=O) groups is 1. The van der Waals surface area contributed by atoms with Gasteiger partial charge in [-0.3, -0.25) is 0 Å². The van der Waals surface area contributed by atoms with E-state index in [4.69, 9.17) is 9.15 Å². The Bertz CT molecular complexity index is 451. The summed E-state index contributed by atoms with van der Waals surface area (Å²) < 4.78 is 10.8. The average Bonchev–Trinajstić information content (AvgIpc) is 3.05. The maximum atomic E-state index is 12.0. The van der Waals surface area contributed by atoms with Gasteiger partial charge in [0.15, 0.2) is 0 Å². The number of likely N-dealkylation sites (tertiary alicyclic amines) is 1. The monoisotopic (exact) mass is 294 g/mol. The summed E-state index contributed by atoms with van der Waals surface area (Å²) in [5.74, 6) is 1.41. The maximum Gasteiger partial charge on any atom is 0.410 e. The molecule has 2 heterocycles. The van der Waals surface area contributed by atoms with E-state index in [1.165, 1.54) is 0 Å². The molecule has 0 unspecified atom stereocenters. The van der Waals surface area contributed by atoms with Gasteiger partial charge in [-0.1, -0.05) is 0 Å². The van der Waals surface area contributed by atoms with Crippen molar-refractivity contribution < 1.29 is 13.9 Å². The lowest BCUT2D eigenvalue weighted by Gasteiger charge is -2.24. The summed E-state index contributed by atoms with van der Waals surface area (Å²) in [6.45, 7) is 10.2. The molecule has 0 saturated carbocycles. The number of amides is 1. The molecule has 5 nitrogen and oxygen atoms in total. The van der Waals surface area contributed by atoms with E-state index >= 15 is 0 Å². The molecule has 1 aliphatic heterocycles. The van der Waals surface area contributed by atoms with Gasteiger partial charge in [0, 0.05) is 19.6 Å². The van der Waals surface area contributed by atoms with Crippen LogP contribution in [0.1, 0.15) is 45.9 Å². The number of ether oxygens (including phenoxy) is 1.